The standard InChI is InChI=1S/C24H19F3N2O3S/c1-14-22(30)29-20-12-15(6-11-21(20)33-14)23(31)28-17-7-9-18(10-8-17)32-13-16-4-2-3-5-19(16)24(25,26)27/h2-12,14H,13H2,1H3,(H,28,31)(H,29,30). The molecule has 0 aromatic heterocycles. The summed E-state index contributed by atoms with van der Waals surface area (Å²) in [5, 5.41) is 5.35. The number of carbonyl (C=O) groups is 2. The van der Waals surface area contributed by atoms with E-state index in [-0.39, 0.29) is 29.2 Å². The van der Waals surface area contributed by atoms with Crippen molar-refractivity contribution in [3.05, 3.63) is 83.4 Å². The number of nitrogens with one attached hydrogen (secondary N) is 2. The topological polar surface area (TPSA) is 67.4 Å². The van der Waals surface area contributed by atoms with E-state index in [1.807, 2.05) is 6.92 Å². The van der Waals surface area contributed by atoms with E-state index in [1.54, 1.807) is 42.5 Å². The molecule has 0 fully saturated rings. The average molecular weight is 472 g/mol. The lowest BCUT2D eigenvalue weighted by molar-refractivity contribution is -0.138. The molecule has 1 heterocycles. The van der Waals surface area contributed by atoms with Crippen molar-refractivity contribution in [1.82, 2.24) is 0 Å². The van der Waals surface area contributed by atoms with E-state index < -0.39 is 11.7 Å². The molecule has 0 bridgehead atoms. The van der Waals surface area contributed by atoms with Crippen LogP contribution < -0.4 is 15.4 Å². The molecule has 0 saturated carbocycles. The van der Waals surface area contributed by atoms with Gasteiger partial charge >= 0.3 is 6.18 Å². The molecule has 0 spiro atoms. The summed E-state index contributed by atoms with van der Waals surface area (Å²) in [6.45, 7) is 1.57. The van der Waals surface area contributed by atoms with Gasteiger partial charge in [-0.05, 0) is 55.5 Å². The normalized spacial score (nSPS) is 15.4. The van der Waals surface area contributed by atoms with E-state index in [0.29, 0.717) is 22.7 Å². The first-order chi connectivity index (χ1) is 15.7. The summed E-state index contributed by atoms with van der Waals surface area (Å²) in [5.74, 6) is -0.102. The van der Waals surface area contributed by atoms with E-state index >= 15 is 0 Å². The van der Waals surface area contributed by atoms with Gasteiger partial charge in [0.1, 0.15) is 12.4 Å². The number of ether oxygens (including phenoxy) is 1. The number of halogens is 3. The molecule has 0 aliphatic carbocycles. The molecule has 33 heavy (non-hydrogen) atoms. The fourth-order valence-corrected chi connectivity index (χ4v) is 4.20. The summed E-state index contributed by atoms with van der Waals surface area (Å²) in [4.78, 5) is 25.4. The van der Waals surface area contributed by atoms with Crippen LogP contribution >= 0.6 is 11.8 Å². The molecule has 9 heteroatoms. The fourth-order valence-electron chi connectivity index (χ4n) is 3.27. The van der Waals surface area contributed by atoms with Crippen molar-refractivity contribution in [2.45, 2.75) is 29.9 Å². The molecule has 1 aliphatic heterocycles. The number of anilines is 2. The van der Waals surface area contributed by atoms with Crippen LogP contribution in [0.4, 0.5) is 24.5 Å². The van der Waals surface area contributed by atoms with E-state index in [0.717, 1.165) is 11.0 Å². The largest absolute Gasteiger partial charge is 0.489 e. The summed E-state index contributed by atoms with van der Waals surface area (Å²) in [6.07, 6.45) is -4.45. The zero-order chi connectivity index (χ0) is 23.6. The maximum Gasteiger partial charge on any atom is 0.416 e. The molecule has 5 nitrogen and oxygen atoms in total. The second-order valence-corrected chi connectivity index (χ2v) is 8.76. The Morgan fingerprint density at radius 3 is 2.55 bits per heavy atom. The number of rotatable bonds is 5. The zero-order valence-corrected chi connectivity index (χ0v) is 18.2. The van der Waals surface area contributed by atoms with Crippen LogP contribution in [0.3, 0.4) is 0 Å². The molecule has 4 rings (SSSR count). The molecule has 0 radical (unpaired) electrons. The number of fused-ring (bicyclic) bond motifs is 1. The van der Waals surface area contributed by atoms with Crippen molar-refractivity contribution in [1.29, 1.82) is 0 Å². The summed E-state index contributed by atoms with van der Waals surface area (Å²) >= 11 is 1.43. The van der Waals surface area contributed by atoms with Crippen molar-refractivity contribution >= 4 is 35.0 Å². The maximum atomic E-state index is 13.1. The molecule has 1 unspecified atom stereocenters. The third-order valence-corrected chi connectivity index (χ3v) is 6.18. The molecular formula is C24H19F3N2O3S. The van der Waals surface area contributed by atoms with Crippen LogP contribution in [0, 0.1) is 0 Å². The van der Waals surface area contributed by atoms with E-state index in [9.17, 15) is 22.8 Å². The Balaban J connectivity index is 1.39. The number of benzene rings is 3. The summed E-state index contributed by atoms with van der Waals surface area (Å²) < 4.78 is 44.8. The number of alkyl halides is 3. The Morgan fingerprint density at radius 1 is 1.09 bits per heavy atom. The lowest BCUT2D eigenvalue weighted by atomic mass is 10.1. The molecule has 2 amide bonds. The summed E-state index contributed by atoms with van der Waals surface area (Å²) in [5.41, 5.74) is 0.775. The first-order valence-electron chi connectivity index (χ1n) is 10.0. The first kappa shape index (κ1) is 22.7. The second kappa shape index (κ2) is 9.19. The van der Waals surface area contributed by atoms with Crippen molar-refractivity contribution in [2.24, 2.45) is 0 Å². The lowest BCUT2D eigenvalue weighted by Crippen LogP contribution is -2.26. The van der Waals surface area contributed by atoms with Crippen molar-refractivity contribution in [3.8, 4) is 5.75 Å². The number of hydrogen-bond donors (Lipinski definition) is 2. The molecule has 170 valence electrons. The SMILES string of the molecule is CC1Sc2ccc(C(=O)Nc3ccc(OCc4ccccc4C(F)(F)F)cc3)cc2NC1=O. The highest BCUT2D eigenvalue weighted by molar-refractivity contribution is 8.00. The van der Waals surface area contributed by atoms with Crippen molar-refractivity contribution in [3.63, 3.8) is 0 Å². The minimum absolute atomic E-state index is 0.0365. The van der Waals surface area contributed by atoms with Crippen molar-refractivity contribution in [2.75, 3.05) is 10.6 Å². The Bertz CT molecular complexity index is 1200. The Kier molecular flexibility index (Phi) is 6.33. The van der Waals surface area contributed by atoms with Gasteiger partial charge in [0.05, 0.1) is 16.5 Å². The lowest BCUT2D eigenvalue weighted by Gasteiger charge is -2.21. The van der Waals surface area contributed by atoms with Crippen LogP contribution in [-0.2, 0) is 17.6 Å². The van der Waals surface area contributed by atoms with Crippen LogP contribution in [0.5, 0.6) is 5.75 Å². The Labute approximate surface area is 192 Å². The smallest absolute Gasteiger partial charge is 0.416 e. The van der Waals surface area contributed by atoms with Crippen LogP contribution in [0.25, 0.3) is 0 Å². The number of hydrogen-bond acceptors (Lipinski definition) is 4. The predicted molar refractivity (Wildman–Crippen MR) is 121 cm³/mol. The third kappa shape index (κ3) is 5.31. The number of amides is 2. The monoisotopic (exact) mass is 472 g/mol. The highest BCUT2D eigenvalue weighted by atomic mass is 32.2. The number of thioether (sulfide) groups is 1. The fraction of sp³-hybridized carbons (Fsp3) is 0.167. The van der Waals surface area contributed by atoms with Gasteiger partial charge in [-0.3, -0.25) is 9.59 Å². The van der Waals surface area contributed by atoms with Gasteiger partial charge in [-0.15, -0.1) is 11.8 Å². The van der Waals surface area contributed by atoms with Gasteiger partial charge in [-0.1, -0.05) is 18.2 Å². The van der Waals surface area contributed by atoms with Gasteiger partial charge in [0.25, 0.3) is 5.91 Å². The van der Waals surface area contributed by atoms with Gasteiger partial charge in [-0.2, -0.15) is 13.2 Å². The van der Waals surface area contributed by atoms with Crippen LogP contribution in [0.2, 0.25) is 0 Å². The van der Waals surface area contributed by atoms with Gasteiger partial charge in [-0.25, -0.2) is 0 Å². The zero-order valence-electron chi connectivity index (χ0n) is 17.4. The van der Waals surface area contributed by atoms with Crippen LogP contribution in [-0.4, -0.2) is 17.1 Å². The minimum Gasteiger partial charge on any atom is -0.489 e. The molecule has 0 saturated heterocycles. The van der Waals surface area contributed by atoms with E-state index in [4.69, 9.17) is 4.74 Å². The van der Waals surface area contributed by atoms with Crippen molar-refractivity contribution < 1.29 is 27.5 Å². The molecule has 3 aromatic carbocycles. The minimum atomic E-state index is -4.45. The van der Waals surface area contributed by atoms with Crippen LogP contribution in [0.1, 0.15) is 28.4 Å². The first-order valence-corrected chi connectivity index (χ1v) is 10.9. The Morgan fingerprint density at radius 2 is 1.82 bits per heavy atom. The van der Waals surface area contributed by atoms with Gasteiger partial charge in [0.15, 0.2) is 0 Å². The van der Waals surface area contributed by atoms with Crippen LogP contribution in [0.15, 0.2) is 71.6 Å². The van der Waals surface area contributed by atoms with Gasteiger partial charge < -0.3 is 15.4 Å². The third-order valence-electron chi connectivity index (χ3n) is 5.00. The molecule has 1 aliphatic rings. The molecule has 1 atom stereocenters. The quantitative estimate of drug-likeness (QED) is 0.480. The molecular weight excluding hydrogens is 453 g/mol. The predicted octanol–water partition coefficient (Wildman–Crippen LogP) is 5.97. The highest BCUT2D eigenvalue weighted by Crippen LogP contribution is 2.36. The summed E-state index contributed by atoms with van der Waals surface area (Å²) in [6, 6.07) is 16.7. The van der Waals surface area contributed by atoms with Gasteiger partial charge in [0.2, 0.25) is 5.91 Å². The molecule has 3 aromatic rings. The van der Waals surface area contributed by atoms with E-state index in [2.05, 4.69) is 10.6 Å². The van der Waals surface area contributed by atoms with E-state index in [1.165, 1.54) is 30.0 Å². The maximum absolute atomic E-state index is 13.1. The number of carbonyl (C=O) groups excluding carboxylic acids is 2. The molecule has 2 N–H and O–H groups in total. The highest BCUT2D eigenvalue weighted by Gasteiger charge is 2.33. The average Bonchev–Trinajstić information content (AvgIpc) is 2.78. The second-order valence-electron chi connectivity index (χ2n) is 7.38. The summed E-state index contributed by atoms with van der Waals surface area (Å²) in [7, 11) is 0. The Hall–Kier alpha value is -3.46. The van der Waals surface area contributed by atoms with Gasteiger partial charge in [0, 0.05) is 21.7 Å².